The van der Waals surface area contributed by atoms with Crippen molar-refractivity contribution in [3.8, 4) is 16.5 Å². The van der Waals surface area contributed by atoms with Crippen LogP contribution in [-0.4, -0.2) is 45.1 Å². The summed E-state index contributed by atoms with van der Waals surface area (Å²) in [5, 5.41) is 17.7. The number of para-hydroxylation sites is 1. The lowest BCUT2D eigenvalue weighted by Crippen LogP contribution is -2.16. The Hall–Kier alpha value is -4.05. The van der Waals surface area contributed by atoms with Crippen LogP contribution in [0.2, 0.25) is 0 Å². The van der Waals surface area contributed by atoms with Gasteiger partial charge in [0.1, 0.15) is 17.4 Å². The average Bonchev–Trinajstić information content (AvgIpc) is 3.70. The average molecular weight is 530 g/mol. The first kappa shape index (κ1) is 24.3. The summed E-state index contributed by atoms with van der Waals surface area (Å²) in [6.45, 7) is 0.729. The number of aromatic nitrogens is 3. The van der Waals surface area contributed by atoms with Gasteiger partial charge in [0, 0.05) is 41.0 Å². The summed E-state index contributed by atoms with van der Waals surface area (Å²) < 4.78 is 5.87. The van der Waals surface area contributed by atoms with Crippen LogP contribution in [0.1, 0.15) is 46.6 Å². The van der Waals surface area contributed by atoms with Gasteiger partial charge in [-0.1, -0.05) is 18.2 Å². The van der Waals surface area contributed by atoms with E-state index >= 15 is 0 Å². The highest BCUT2D eigenvalue weighted by Gasteiger charge is 2.30. The summed E-state index contributed by atoms with van der Waals surface area (Å²) in [5.41, 5.74) is 5.14. The number of pyridine rings is 2. The zero-order chi connectivity index (χ0) is 26.1. The molecule has 0 aliphatic heterocycles. The molecule has 1 saturated carbocycles. The van der Waals surface area contributed by atoms with E-state index in [4.69, 9.17) is 9.72 Å². The molecule has 0 bridgehead atoms. The number of carboxylic acid groups (broad SMARTS) is 1. The summed E-state index contributed by atoms with van der Waals surface area (Å²) in [6.07, 6.45) is 7.63. The fourth-order valence-corrected chi connectivity index (χ4v) is 5.61. The smallest absolute Gasteiger partial charge is 0.351 e. The first-order chi connectivity index (χ1) is 18.6. The number of anilines is 2. The number of aryl methyl sites for hydroxylation is 1. The van der Waals surface area contributed by atoms with Crippen LogP contribution in [0.15, 0.2) is 42.6 Å². The maximum atomic E-state index is 12.1. The molecule has 0 unspecified atom stereocenters. The molecule has 4 aromatic rings. The third kappa shape index (κ3) is 5.04. The Balaban J connectivity index is 1.17. The normalized spacial score (nSPS) is 14.6. The number of hydrogen-bond donors (Lipinski definition) is 3. The van der Waals surface area contributed by atoms with Gasteiger partial charge in [0.05, 0.1) is 5.52 Å². The van der Waals surface area contributed by atoms with Crippen molar-refractivity contribution in [2.45, 2.75) is 38.5 Å². The van der Waals surface area contributed by atoms with Crippen LogP contribution in [0.3, 0.4) is 0 Å². The van der Waals surface area contributed by atoms with Crippen LogP contribution in [0.5, 0.6) is 5.88 Å². The number of nitrogens with zero attached hydrogens (tertiary/aromatic N) is 3. The highest BCUT2D eigenvalue weighted by molar-refractivity contribution is 7.17. The zero-order valence-electron chi connectivity index (χ0n) is 20.7. The number of fused-ring (bicyclic) bond motifs is 2. The number of carboxylic acids is 1. The number of carbonyl (C=O) groups excluding carboxylic acids is 1. The molecular formula is C28H27N5O4S. The Labute approximate surface area is 223 Å². The van der Waals surface area contributed by atoms with Gasteiger partial charge in [0.15, 0.2) is 4.88 Å². The van der Waals surface area contributed by atoms with Gasteiger partial charge in [0.25, 0.3) is 0 Å². The SMILES string of the molecule is O=C(O)c1sc(-c2ccnc(NC(=O)C3CC3)c2)nc1OCCNc1c2c(nc3ccccc13)CCCC2. The van der Waals surface area contributed by atoms with Crippen molar-refractivity contribution >= 4 is 45.6 Å². The fraction of sp³-hybridized carbons (Fsp3) is 0.321. The lowest BCUT2D eigenvalue weighted by molar-refractivity contribution is -0.117. The molecule has 1 aromatic carbocycles. The predicted octanol–water partition coefficient (Wildman–Crippen LogP) is 5.17. The van der Waals surface area contributed by atoms with Crippen LogP contribution >= 0.6 is 11.3 Å². The first-order valence-corrected chi connectivity index (χ1v) is 13.7. The molecule has 38 heavy (non-hydrogen) atoms. The third-order valence-electron chi connectivity index (χ3n) is 6.81. The van der Waals surface area contributed by atoms with Crippen LogP contribution in [0.4, 0.5) is 11.5 Å². The molecule has 1 amide bonds. The van der Waals surface area contributed by atoms with Gasteiger partial charge in [0.2, 0.25) is 11.8 Å². The van der Waals surface area contributed by atoms with Crippen molar-refractivity contribution in [2.75, 3.05) is 23.8 Å². The van der Waals surface area contributed by atoms with Gasteiger partial charge in [-0.2, -0.15) is 0 Å². The number of amides is 1. The summed E-state index contributed by atoms with van der Waals surface area (Å²) in [6, 6.07) is 11.6. The minimum atomic E-state index is -1.10. The minimum absolute atomic E-state index is 0.0344. The number of thiazole rings is 1. The number of aromatic carboxylic acids is 1. The highest BCUT2D eigenvalue weighted by Crippen LogP contribution is 2.35. The van der Waals surface area contributed by atoms with E-state index in [9.17, 15) is 14.7 Å². The molecule has 3 aromatic heterocycles. The second-order valence-electron chi connectivity index (χ2n) is 9.56. The van der Waals surface area contributed by atoms with Crippen molar-refractivity contribution < 1.29 is 19.4 Å². The standard InChI is InChI=1S/C28H27N5O4S/c34-25(16-9-10-16)32-22-15-17(11-12-29-22)27-33-26(24(38-27)28(35)36)37-14-13-30-23-18-5-1-3-7-20(18)31-21-8-4-2-6-19(21)23/h1,3,5,7,11-12,15-16H,2,4,6,8-10,13-14H2,(H,30,31)(H,35,36)(H,29,32,34). The molecule has 10 heteroatoms. The molecule has 0 spiro atoms. The molecule has 1 fully saturated rings. The van der Waals surface area contributed by atoms with Gasteiger partial charge in [-0.15, -0.1) is 11.3 Å². The van der Waals surface area contributed by atoms with Crippen molar-refractivity contribution in [1.82, 2.24) is 15.0 Å². The van der Waals surface area contributed by atoms with Crippen LogP contribution < -0.4 is 15.4 Å². The fourth-order valence-electron chi connectivity index (χ4n) is 4.77. The quantitative estimate of drug-likeness (QED) is 0.254. The van der Waals surface area contributed by atoms with E-state index in [2.05, 4.69) is 26.7 Å². The van der Waals surface area contributed by atoms with Crippen molar-refractivity contribution in [3.63, 3.8) is 0 Å². The number of hydrogen-bond acceptors (Lipinski definition) is 8. The zero-order valence-corrected chi connectivity index (χ0v) is 21.5. The van der Waals surface area contributed by atoms with E-state index < -0.39 is 5.97 Å². The number of benzene rings is 1. The first-order valence-electron chi connectivity index (χ1n) is 12.9. The summed E-state index contributed by atoms with van der Waals surface area (Å²) in [7, 11) is 0. The molecule has 194 valence electrons. The van der Waals surface area contributed by atoms with Crippen molar-refractivity contribution in [3.05, 3.63) is 58.7 Å². The molecule has 9 nitrogen and oxygen atoms in total. The predicted molar refractivity (Wildman–Crippen MR) is 146 cm³/mol. The molecule has 2 aliphatic carbocycles. The number of ether oxygens (including phenoxy) is 1. The second-order valence-corrected chi connectivity index (χ2v) is 10.6. The van der Waals surface area contributed by atoms with Crippen molar-refractivity contribution in [2.24, 2.45) is 5.92 Å². The summed E-state index contributed by atoms with van der Waals surface area (Å²) >= 11 is 1.04. The molecule has 6 rings (SSSR count). The largest absolute Gasteiger partial charge is 0.477 e. The summed E-state index contributed by atoms with van der Waals surface area (Å²) in [5.74, 6) is -0.572. The molecule has 0 radical (unpaired) electrons. The molecule has 0 atom stereocenters. The molecule has 2 aliphatic rings. The van der Waals surface area contributed by atoms with E-state index in [1.54, 1.807) is 18.3 Å². The Morgan fingerprint density at radius 1 is 1.11 bits per heavy atom. The number of carbonyl (C=O) groups is 2. The van der Waals surface area contributed by atoms with Crippen LogP contribution in [0, 0.1) is 5.92 Å². The summed E-state index contributed by atoms with van der Waals surface area (Å²) in [4.78, 5) is 37.6. The minimum Gasteiger partial charge on any atom is -0.477 e. The Morgan fingerprint density at radius 2 is 1.95 bits per heavy atom. The topological polar surface area (TPSA) is 126 Å². The third-order valence-corrected chi connectivity index (χ3v) is 7.88. The van der Waals surface area contributed by atoms with Crippen molar-refractivity contribution in [1.29, 1.82) is 0 Å². The van der Waals surface area contributed by atoms with E-state index in [0.29, 0.717) is 22.9 Å². The van der Waals surface area contributed by atoms with Crippen LogP contribution in [-0.2, 0) is 17.6 Å². The van der Waals surface area contributed by atoms with Gasteiger partial charge in [-0.3, -0.25) is 9.78 Å². The molecular weight excluding hydrogens is 502 g/mol. The molecule has 3 N–H and O–H groups in total. The Bertz CT molecular complexity index is 1530. The van der Waals surface area contributed by atoms with E-state index in [1.807, 2.05) is 18.2 Å². The lowest BCUT2D eigenvalue weighted by Gasteiger charge is -2.21. The monoisotopic (exact) mass is 529 g/mol. The van der Waals surface area contributed by atoms with Gasteiger partial charge >= 0.3 is 5.97 Å². The number of nitrogens with one attached hydrogen (secondary N) is 2. The highest BCUT2D eigenvalue weighted by atomic mass is 32.1. The second kappa shape index (κ2) is 10.4. The number of rotatable bonds is 9. The van der Waals surface area contributed by atoms with E-state index in [-0.39, 0.29) is 29.2 Å². The van der Waals surface area contributed by atoms with Gasteiger partial charge in [-0.25, -0.2) is 14.8 Å². The maximum Gasteiger partial charge on any atom is 0.351 e. The Morgan fingerprint density at radius 3 is 2.79 bits per heavy atom. The maximum absolute atomic E-state index is 12.1. The van der Waals surface area contributed by atoms with E-state index in [0.717, 1.165) is 72.1 Å². The van der Waals surface area contributed by atoms with Gasteiger partial charge < -0.3 is 20.5 Å². The lowest BCUT2D eigenvalue weighted by atomic mass is 9.92. The van der Waals surface area contributed by atoms with Gasteiger partial charge in [-0.05, 0) is 62.3 Å². The molecule has 3 heterocycles. The molecule has 0 saturated heterocycles. The Kier molecular flexibility index (Phi) is 6.63. The van der Waals surface area contributed by atoms with Crippen LogP contribution in [0.25, 0.3) is 21.5 Å². The van der Waals surface area contributed by atoms with E-state index in [1.165, 1.54) is 5.56 Å².